The minimum atomic E-state index is -0.262. The van der Waals surface area contributed by atoms with E-state index in [0.29, 0.717) is 70.8 Å². The number of pyridine rings is 1. The van der Waals surface area contributed by atoms with E-state index in [-0.39, 0.29) is 40.9 Å². The van der Waals surface area contributed by atoms with Crippen molar-refractivity contribution in [3.05, 3.63) is 23.9 Å². The largest absolute Gasteiger partial charge is 0.475 e. The van der Waals surface area contributed by atoms with Gasteiger partial charge in [0.25, 0.3) is 5.91 Å². The van der Waals surface area contributed by atoms with Crippen LogP contribution in [0, 0.1) is 11.3 Å². The van der Waals surface area contributed by atoms with Crippen LogP contribution in [0.25, 0.3) is 0 Å². The second-order valence-corrected chi connectivity index (χ2v) is 12.3. The Labute approximate surface area is 232 Å². The van der Waals surface area contributed by atoms with Crippen LogP contribution in [-0.4, -0.2) is 109 Å². The molecule has 3 amide bonds. The molecule has 5 heterocycles. The molecule has 0 aromatic carbocycles. The molecule has 0 aliphatic carbocycles. The highest BCUT2D eigenvalue weighted by Crippen LogP contribution is 2.27. The van der Waals surface area contributed by atoms with Crippen LogP contribution in [0.15, 0.2) is 18.2 Å². The summed E-state index contributed by atoms with van der Waals surface area (Å²) < 4.78 is 11.4. The maximum absolute atomic E-state index is 13.8. The van der Waals surface area contributed by atoms with Gasteiger partial charge in [0.1, 0.15) is 12.3 Å². The number of ether oxygens (including phenoxy) is 2. The number of rotatable bonds is 2. The van der Waals surface area contributed by atoms with Gasteiger partial charge in [0.2, 0.25) is 17.7 Å². The summed E-state index contributed by atoms with van der Waals surface area (Å²) in [5, 5.41) is 3.12. The van der Waals surface area contributed by atoms with Crippen molar-refractivity contribution < 1.29 is 23.9 Å². The number of hydrogen-bond donors (Lipinski definition) is 1. The fraction of sp³-hybridized carbons (Fsp3) is 0.724. The van der Waals surface area contributed by atoms with Gasteiger partial charge in [-0.25, -0.2) is 4.98 Å². The Morgan fingerprint density at radius 1 is 1.08 bits per heavy atom. The number of hydrogen-bond acceptors (Lipinski definition) is 7. The zero-order chi connectivity index (χ0) is 28.0. The van der Waals surface area contributed by atoms with Crippen molar-refractivity contribution in [3.8, 4) is 5.88 Å². The van der Waals surface area contributed by atoms with Crippen molar-refractivity contribution >= 4 is 17.7 Å². The van der Waals surface area contributed by atoms with Crippen molar-refractivity contribution in [1.82, 2.24) is 25.0 Å². The normalized spacial score (nSPS) is 26.1. The van der Waals surface area contributed by atoms with Crippen LogP contribution in [0.5, 0.6) is 5.88 Å². The van der Waals surface area contributed by atoms with Crippen molar-refractivity contribution in [1.29, 1.82) is 0 Å². The molecule has 1 aromatic heterocycles. The molecule has 216 valence electrons. The second-order valence-electron chi connectivity index (χ2n) is 12.3. The molecule has 0 radical (unpaired) electrons. The zero-order valence-electron chi connectivity index (χ0n) is 24.0. The number of fused-ring (bicyclic) bond motifs is 10. The van der Waals surface area contributed by atoms with Gasteiger partial charge < -0.3 is 24.6 Å². The Morgan fingerprint density at radius 2 is 1.85 bits per heavy atom. The third-order valence-electron chi connectivity index (χ3n) is 7.96. The summed E-state index contributed by atoms with van der Waals surface area (Å²) in [6.45, 7) is 13.3. The van der Waals surface area contributed by atoms with E-state index in [4.69, 9.17) is 9.47 Å². The van der Waals surface area contributed by atoms with Crippen LogP contribution in [0.2, 0.25) is 0 Å². The van der Waals surface area contributed by atoms with Gasteiger partial charge in [0.15, 0.2) is 0 Å². The molecule has 1 aromatic rings. The molecule has 1 N–H and O–H groups in total. The standard InChI is InChI=1S/C29H45N5O5/c1-21(35)33-14-15-38-16-17-39-26-7-5-6-24(31-26)27(36)30-23-18-25(34(20-23)13-10-29(2,3)4)28(37)32-11-8-22(19-33)9-12-32/h5-7,22-23,25H,8-20H2,1-4H3,(H,30,36)/t23-,25-/m0/s1. The molecule has 4 aliphatic rings. The summed E-state index contributed by atoms with van der Waals surface area (Å²) in [5.41, 5.74) is 0.433. The van der Waals surface area contributed by atoms with Crippen LogP contribution in [0.3, 0.4) is 0 Å². The van der Waals surface area contributed by atoms with Crippen molar-refractivity contribution in [2.45, 2.75) is 65.5 Å². The first kappa shape index (κ1) is 29.3. The Bertz CT molecular complexity index is 1000. The fourth-order valence-electron chi connectivity index (χ4n) is 5.59. The van der Waals surface area contributed by atoms with E-state index >= 15 is 0 Å². The molecule has 0 unspecified atom stereocenters. The van der Waals surface area contributed by atoms with Gasteiger partial charge in [-0.15, -0.1) is 0 Å². The number of nitrogens with one attached hydrogen (secondary N) is 1. The summed E-state index contributed by atoms with van der Waals surface area (Å²) >= 11 is 0. The molecule has 5 rings (SSSR count). The summed E-state index contributed by atoms with van der Waals surface area (Å²) in [6.07, 6.45) is 3.30. The molecule has 10 heteroatoms. The van der Waals surface area contributed by atoms with Gasteiger partial charge in [-0.1, -0.05) is 26.8 Å². The smallest absolute Gasteiger partial charge is 0.270 e. The lowest BCUT2D eigenvalue weighted by molar-refractivity contribution is -0.138. The first-order chi connectivity index (χ1) is 18.6. The maximum atomic E-state index is 13.8. The molecule has 39 heavy (non-hydrogen) atoms. The first-order valence-corrected chi connectivity index (χ1v) is 14.4. The molecule has 2 atom stereocenters. The number of amides is 3. The van der Waals surface area contributed by atoms with E-state index in [1.54, 1.807) is 25.1 Å². The van der Waals surface area contributed by atoms with Crippen LogP contribution < -0.4 is 10.1 Å². The lowest BCUT2D eigenvalue weighted by Crippen LogP contribution is -2.50. The second kappa shape index (κ2) is 13.1. The summed E-state index contributed by atoms with van der Waals surface area (Å²) in [7, 11) is 0. The molecule has 10 nitrogen and oxygen atoms in total. The van der Waals surface area contributed by atoms with E-state index in [1.165, 1.54) is 0 Å². The summed E-state index contributed by atoms with van der Waals surface area (Å²) in [5.74, 6) is 0.645. The first-order valence-electron chi connectivity index (χ1n) is 14.4. The van der Waals surface area contributed by atoms with Gasteiger partial charge in [-0.3, -0.25) is 19.3 Å². The van der Waals surface area contributed by atoms with E-state index in [0.717, 1.165) is 25.8 Å². The van der Waals surface area contributed by atoms with Gasteiger partial charge >= 0.3 is 0 Å². The van der Waals surface area contributed by atoms with Gasteiger partial charge in [-0.2, -0.15) is 0 Å². The zero-order valence-corrected chi connectivity index (χ0v) is 24.0. The maximum Gasteiger partial charge on any atom is 0.270 e. The highest BCUT2D eigenvalue weighted by Gasteiger charge is 2.40. The molecule has 6 bridgehead atoms. The van der Waals surface area contributed by atoms with Crippen molar-refractivity contribution in [2.75, 3.05) is 59.1 Å². The number of likely N-dealkylation sites (tertiary alicyclic amines) is 1. The number of carbonyl (C=O) groups is 3. The third kappa shape index (κ3) is 8.38. The van der Waals surface area contributed by atoms with Crippen LogP contribution in [0.4, 0.5) is 0 Å². The summed E-state index contributed by atoms with van der Waals surface area (Å²) in [4.78, 5) is 49.6. The van der Waals surface area contributed by atoms with Crippen LogP contribution in [0.1, 0.15) is 63.9 Å². The number of aromatic nitrogens is 1. The molecule has 0 saturated carbocycles. The fourth-order valence-corrected chi connectivity index (χ4v) is 5.59. The summed E-state index contributed by atoms with van der Waals surface area (Å²) in [6, 6.07) is 4.74. The number of carbonyl (C=O) groups excluding carboxylic acids is 3. The molecule has 2 saturated heterocycles. The third-order valence-corrected chi connectivity index (χ3v) is 7.96. The van der Waals surface area contributed by atoms with Crippen LogP contribution >= 0.6 is 0 Å². The lowest BCUT2D eigenvalue weighted by Gasteiger charge is -2.37. The molecular formula is C29H45N5O5. The van der Waals surface area contributed by atoms with Gasteiger partial charge in [0, 0.05) is 51.8 Å². The SMILES string of the molecule is CC(=O)N1CCOCCOc2cccc(n2)C(=O)N[C@H]2C[C@@H](C(=O)N3CCC(CC3)C1)N(CCC(C)(C)C)C2. The van der Waals surface area contributed by atoms with E-state index < -0.39 is 0 Å². The van der Waals surface area contributed by atoms with Crippen LogP contribution in [-0.2, 0) is 14.3 Å². The highest BCUT2D eigenvalue weighted by molar-refractivity contribution is 5.92. The predicted octanol–water partition coefficient (Wildman–Crippen LogP) is 2.19. The van der Waals surface area contributed by atoms with Gasteiger partial charge in [0.05, 0.1) is 19.3 Å². The van der Waals surface area contributed by atoms with E-state index in [1.807, 2.05) is 9.80 Å². The molecule has 4 aliphatic heterocycles. The Kier molecular flexibility index (Phi) is 9.82. The predicted molar refractivity (Wildman–Crippen MR) is 147 cm³/mol. The molecular weight excluding hydrogens is 498 g/mol. The average molecular weight is 544 g/mol. The number of nitrogens with zero attached hydrogens (tertiary/aromatic N) is 4. The Balaban J connectivity index is 1.51. The van der Waals surface area contributed by atoms with Crippen molar-refractivity contribution in [3.63, 3.8) is 0 Å². The van der Waals surface area contributed by atoms with E-state index in [2.05, 4.69) is 36.0 Å². The van der Waals surface area contributed by atoms with Crippen molar-refractivity contribution in [2.24, 2.45) is 11.3 Å². The van der Waals surface area contributed by atoms with E-state index in [9.17, 15) is 14.4 Å². The number of piperidine rings is 1. The quantitative estimate of drug-likeness (QED) is 0.570. The Hall–Kier alpha value is -2.72. The molecule has 0 spiro atoms. The minimum absolute atomic E-state index is 0.0383. The van der Waals surface area contributed by atoms with Gasteiger partial charge in [-0.05, 0) is 49.6 Å². The minimum Gasteiger partial charge on any atom is -0.475 e. The highest BCUT2D eigenvalue weighted by atomic mass is 16.5. The topological polar surface area (TPSA) is 104 Å². The Morgan fingerprint density at radius 3 is 2.56 bits per heavy atom. The molecule has 2 fully saturated rings. The lowest BCUT2D eigenvalue weighted by atomic mass is 9.92. The average Bonchev–Trinajstić information content (AvgIpc) is 3.30. The monoisotopic (exact) mass is 543 g/mol.